The number of carbonyl (C=O) groups is 2. The Morgan fingerprint density at radius 2 is 2.05 bits per heavy atom. The molecule has 0 fully saturated rings. The summed E-state index contributed by atoms with van der Waals surface area (Å²) in [7, 11) is 0. The zero-order valence-electron chi connectivity index (χ0n) is 12.2. The first-order valence-electron chi connectivity index (χ1n) is 6.71. The molecule has 0 aliphatic rings. The maximum atomic E-state index is 12.1. The first-order chi connectivity index (χ1) is 10.1. The Morgan fingerprint density at radius 3 is 2.55 bits per heavy atom. The normalized spacial score (nSPS) is 13.2. The summed E-state index contributed by atoms with van der Waals surface area (Å²) in [6.45, 7) is 3.24. The Labute approximate surface area is 125 Å². The van der Waals surface area contributed by atoms with Crippen LogP contribution in [0.1, 0.15) is 37.0 Å². The van der Waals surface area contributed by atoms with Crippen LogP contribution in [0.5, 0.6) is 0 Å². The van der Waals surface area contributed by atoms with Crippen LogP contribution in [-0.2, 0) is 11.3 Å². The summed E-state index contributed by atoms with van der Waals surface area (Å²) in [5.74, 6) is -1.77. The van der Waals surface area contributed by atoms with Gasteiger partial charge in [-0.2, -0.15) is 18.3 Å². The molecule has 1 heterocycles. The van der Waals surface area contributed by atoms with Gasteiger partial charge in [-0.3, -0.25) is 9.48 Å². The fourth-order valence-corrected chi connectivity index (χ4v) is 1.78. The number of aryl methyl sites for hydroxylation is 1. The lowest BCUT2D eigenvalue weighted by Crippen LogP contribution is -2.41. The van der Waals surface area contributed by atoms with Crippen LogP contribution in [0, 0.1) is 5.92 Å². The molecule has 1 atom stereocenters. The molecule has 0 radical (unpaired) electrons. The molecule has 0 unspecified atom stereocenters. The minimum Gasteiger partial charge on any atom is -0.480 e. The number of hydrogen-bond acceptors (Lipinski definition) is 3. The zero-order valence-corrected chi connectivity index (χ0v) is 12.2. The van der Waals surface area contributed by atoms with Crippen LogP contribution in [0.4, 0.5) is 13.2 Å². The molecule has 1 aromatic rings. The van der Waals surface area contributed by atoms with Crippen molar-refractivity contribution in [1.29, 1.82) is 0 Å². The van der Waals surface area contributed by atoms with Gasteiger partial charge in [0.05, 0.1) is 18.2 Å². The van der Waals surface area contributed by atoms with Crippen molar-refractivity contribution < 1.29 is 27.9 Å². The van der Waals surface area contributed by atoms with Crippen molar-refractivity contribution in [2.45, 2.75) is 45.5 Å². The number of carboxylic acids is 1. The summed E-state index contributed by atoms with van der Waals surface area (Å²) in [5, 5.41) is 15.0. The quantitative estimate of drug-likeness (QED) is 0.805. The molecule has 22 heavy (non-hydrogen) atoms. The Balaban J connectivity index is 2.65. The first kappa shape index (κ1) is 18.0. The number of carboxylic acid groups (broad SMARTS) is 1. The number of aromatic nitrogens is 2. The van der Waals surface area contributed by atoms with E-state index in [1.807, 2.05) is 13.8 Å². The maximum absolute atomic E-state index is 12.1. The third-order valence-electron chi connectivity index (χ3n) is 2.83. The van der Waals surface area contributed by atoms with Crippen molar-refractivity contribution in [2.75, 3.05) is 0 Å². The highest BCUT2D eigenvalue weighted by molar-refractivity contribution is 5.96. The average Bonchev–Trinajstić information content (AvgIpc) is 2.82. The third-order valence-corrected chi connectivity index (χ3v) is 2.83. The number of nitrogens with zero attached hydrogens (tertiary/aromatic N) is 2. The molecule has 1 rings (SSSR count). The smallest absolute Gasteiger partial charge is 0.390 e. The predicted octanol–water partition coefficient (Wildman–Crippen LogP) is 2.06. The minimum absolute atomic E-state index is 0.0252. The van der Waals surface area contributed by atoms with Gasteiger partial charge in [0.15, 0.2) is 0 Å². The lowest BCUT2D eigenvalue weighted by molar-refractivity contribution is -0.140. The molecule has 2 N–H and O–H groups in total. The number of amides is 1. The van der Waals surface area contributed by atoms with Gasteiger partial charge in [-0.1, -0.05) is 13.8 Å². The van der Waals surface area contributed by atoms with Crippen LogP contribution in [0.3, 0.4) is 0 Å². The fourth-order valence-electron chi connectivity index (χ4n) is 1.78. The molecule has 124 valence electrons. The van der Waals surface area contributed by atoms with Crippen molar-refractivity contribution >= 4 is 11.9 Å². The van der Waals surface area contributed by atoms with E-state index in [4.69, 9.17) is 5.11 Å². The average molecular weight is 321 g/mol. The van der Waals surface area contributed by atoms with Gasteiger partial charge in [0.1, 0.15) is 6.04 Å². The monoisotopic (exact) mass is 321 g/mol. The van der Waals surface area contributed by atoms with Crippen LogP contribution in [0.2, 0.25) is 0 Å². The second-order valence-corrected chi connectivity index (χ2v) is 5.35. The van der Waals surface area contributed by atoms with Crippen LogP contribution < -0.4 is 5.32 Å². The zero-order chi connectivity index (χ0) is 16.9. The Morgan fingerprint density at radius 1 is 1.41 bits per heavy atom. The Hall–Kier alpha value is -2.06. The number of nitrogens with one attached hydrogen (secondary N) is 1. The SMILES string of the molecule is CC(C)C[C@H](NC(=O)c1cnn(CCC(F)(F)F)c1)C(=O)O. The number of hydrogen-bond donors (Lipinski definition) is 2. The van der Waals surface area contributed by atoms with E-state index in [0.717, 1.165) is 17.1 Å². The molecule has 0 saturated heterocycles. The van der Waals surface area contributed by atoms with Gasteiger partial charge in [-0.25, -0.2) is 4.79 Å². The lowest BCUT2D eigenvalue weighted by atomic mass is 10.0. The number of aliphatic carboxylic acids is 1. The second kappa shape index (κ2) is 7.28. The second-order valence-electron chi connectivity index (χ2n) is 5.35. The van der Waals surface area contributed by atoms with Crippen molar-refractivity contribution in [3.63, 3.8) is 0 Å². The third kappa shape index (κ3) is 6.15. The fraction of sp³-hybridized carbons (Fsp3) is 0.615. The summed E-state index contributed by atoms with van der Waals surface area (Å²) in [4.78, 5) is 23.0. The molecule has 1 aromatic heterocycles. The minimum atomic E-state index is -4.31. The standard InChI is InChI=1S/C13H18F3N3O3/c1-8(2)5-10(12(21)22)18-11(20)9-6-17-19(7-9)4-3-13(14,15)16/h6-8,10H,3-5H2,1-2H3,(H,18,20)(H,21,22)/t10-/m0/s1. The number of carbonyl (C=O) groups excluding carboxylic acids is 1. The molecule has 0 bridgehead atoms. The summed E-state index contributed by atoms with van der Waals surface area (Å²) >= 11 is 0. The van der Waals surface area contributed by atoms with Crippen molar-refractivity contribution in [1.82, 2.24) is 15.1 Å². The Kier molecular flexibility index (Phi) is 5.95. The highest BCUT2D eigenvalue weighted by Gasteiger charge is 2.27. The van der Waals surface area contributed by atoms with Crippen molar-refractivity contribution in [2.24, 2.45) is 5.92 Å². The number of halogens is 3. The predicted molar refractivity (Wildman–Crippen MR) is 71.2 cm³/mol. The molecule has 0 spiro atoms. The highest BCUT2D eigenvalue weighted by atomic mass is 19.4. The molecule has 1 amide bonds. The lowest BCUT2D eigenvalue weighted by Gasteiger charge is -2.15. The maximum Gasteiger partial charge on any atom is 0.390 e. The van der Waals surface area contributed by atoms with Gasteiger partial charge in [0.2, 0.25) is 0 Å². The summed E-state index contributed by atoms with van der Waals surface area (Å²) in [5.41, 5.74) is 0.0252. The molecule has 6 nitrogen and oxygen atoms in total. The van der Waals surface area contributed by atoms with E-state index in [-0.39, 0.29) is 17.9 Å². The van der Waals surface area contributed by atoms with E-state index in [1.54, 1.807) is 0 Å². The van der Waals surface area contributed by atoms with Gasteiger partial charge in [-0.05, 0) is 12.3 Å². The molecule has 0 saturated carbocycles. The van der Waals surface area contributed by atoms with E-state index in [1.165, 1.54) is 0 Å². The first-order valence-corrected chi connectivity index (χ1v) is 6.71. The molecular formula is C13H18F3N3O3. The van der Waals surface area contributed by atoms with Gasteiger partial charge in [0, 0.05) is 12.7 Å². The molecular weight excluding hydrogens is 303 g/mol. The molecule has 0 aliphatic heterocycles. The Bertz CT molecular complexity index is 526. The van der Waals surface area contributed by atoms with Crippen LogP contribution >= 0.6 is 0 Å². The number of rotatable bonds is 7. The summed E-state index contributed by atoms with van der Waals surface area (Å²) in [6.07, 6.45) is -2.83. The largest absolute Gasteiger partial charge is 0.480 e. The highest BCUT2D eigenvalue weighted by Crippen LogP contribution is 2.20. The topological polar surface area (TPSA) is 84.2 Å². The molecule has 0 aliphatic carbocycles. The van der Waals surface area contributed by atoms with E-state index >= 15 is 0 Å². The van der Waals surface area contributed by atoms with Gasteiger partial charge < -0.3 is 10.4 Å². The van der Waals surface area contributed by atoms with Crippen LogP contribution in [0.15, 0.2) is 12.4 Å². The van der Waals surface area contributed by atoms with E-state index in [9.17, 15) is 22.8 Å². The van der Waals surface area contributed by atoms with E-state index < -0.39 is 37.1 Å². The van der Waals surface area contributed by atoms with Gasteiger partial charge in [-0.15, -0.1) is 0 Å². The van der Waals surface area contributed by atoms with E-state index in [2.05, 4.69) is 10.4 Å². The van der Waals surface area contributed by atoms with Crippen LogP contribution in [0.25, 0.3) is 0 Å². The van der Waals surface area contributed by atoms with Crippen LogP contribution in [-0.4, -0.2) is 39.0 Å². The molecule has 9 heteroatoms. The summed E-state index contributed by atoms with van der Waals surface area (Å²) < 4.78 is 37.3. The number of alkyl halides is 3. The van der Waals surface area contributed by atoms with E-state index in [0.29, 0.717) is 0 Å². The van der Waals surface area contributed by atoms with Crippen molar-refractivity contribution in [3.8, 4) is 0 Å². The van der Waals surface area contributed by atoms with Gasteiger partial charge in [0.25, 0.3) is 5.91 Å². The summed E-state index contributed by atoms with van der Waals surface area (Å²) in [6, 6.07) is -1.05. The molecule has 0 aromatic carbocycles. The van der Waals surface area contributed by atoms with Crippen molar-refractivity contribution in [3.05, 3.63) is 18.0 Å². The van der Waals surface area contributed by atoms with Gasteiger partial charge >= 0.3 is 12.1 Å².